The molecule has 1 aliphatic rings. The molecule has 0 amide bonds. The van der Waals surface area contributed by atoms with Crippen molar-refractivity contribution in [3.63, 3.8) is 0 Å². The van der Waals surface area contributed by atoms with Gasteiger partial charge in [-0.05, 0) is 72.7 Å². The van der Waals surface area contributed by atoms with E-state index in [4.69, 9.17) is 14.2 Å². The largest absolute Gasteiger partial charge is 0.487 e. The van der Waals surface area contributed by atoms with Gasteiger partial charge in [-0.3, -0.25) is 4.98 Å². The van der Waals surface area contributed by atoms with Crippen molar-refractivity contribution in [2.24, 2.45) is 0 Å². The van der Waals surface area contributed by atoms with Crippen molar-refractivity contribution in [3.05, 3.63) is 83.4 Å². The zero-order chi connectivity index (χ0) is 23.2. The maximum absolute atomic E-state index is 12.9. The van der Waals surface area contributed by atoms with Crippen molar-refractivity contribution in [2.75, 3.05) is 7.11 Å². The average molecular weight is 454 g/mol. The van der Waals surface area contributed by atoms with E-state index in [1.54, 1.807) is 36.8 Å². The smallest absolute Gasteiger partial charge is 0.387 e. The first-order valence-electron chi connectivity index (χ1n) is 10.7. The number of esters is 1. The molecule has 1 saturated carbocycles. The molecule has 0 spiro atoms. The van der Waals surface area contributed by atoms with Crippen molar-refractivity contribution in [2.45, 2.75) is 44.3 Å². The van der Waals surface area contributed by atoms with Crippen LogP contribution in [0.25, 0.3) is 0 Å². The normalized spacial score (nSPS) is 14.4. The number of methoxy groups -OCH3 is 1. The van der Waals surface area contributed by atoms with Gasteiger partial charge in [0.15, 0.2) is 11.5 Å². The van der Waals surface area contributed by atoms with Crippen LogP contribution in [0.5, 0.6) is 11.5 Å². The lowest BCUT2D eigenvalue weighted by Crippen LogP contribution is -2.25. The number of ether oxygens (including phenoxy) is 3. The Bertz CT molecular complexity index is 1070. The van der Waals surface area contributed by atoms with Crippen molar-refractivity contribution >= 4 is 5.97 Å². The van der Waals surface area contributed by atoms with E-state index in [9.17, 15) is 13.6 Å². The number of pyridine rings is 2. The van der Waals surface area contributed by atoms with Gasteiger partial charge in [-0.25, -0.2) is 9.78 Å². The standard InChI is InChI=1S/C25H24F2N2O4/c1-31-24(30)21-7-5-18(15-29-21)20(13-16-9-11-28-12-10-16)17-6-8-22(33-25(26)27)23(14-17)32-19-3-2-4-19/h5-12,14-15,19-20,25H,2-4,13H2,1H3/t20-/m1/s1. The minimum Gasteiger partial charge on any atom is -0.487 e. The minimum absolute atomic E-state index is 0.0000680. The van der Waals surface area contributed by atoms with Gasteiger partial charge >= 0.3 is 12.6 Å². The lowest BCUT2D eigenvalue weighted by atomic mass is 9.86. The molecule has 2 heterocycles. The highest BCUT2D eigenvalue weighted by Gasteiger charge is 2.24. The highest BCUT2D eigenvalue weighted by molar-refractivity contribution is 5.87. The quantitative estimate of drug-likeness (QED) is 0.416. The number of nitrogens with zero attached hydrogens (tertiary/aromatic N) is 2. The summed E-state index contributed by atoms with van der Waals surface area (Å²) in [5, 5.41) is 0. The molecule has 1 atom stereocenters. The van der Waals surface area contributed by atoms with Crippen molar-refractivity contribution in [1.82, 2.24) is 9.97 Å². The summed E-state index contributed by atoms with van der Waals surface area (Å²) in [5.41, 5.74) is 2.96. The Balaban J connectivity index is 1.71. The van der Waals surface area contributed by atoms with Crippen LogP contribution in [0.4, 0.5) is 8.78 Å². The maximum Gasteiger partial charge on any atom is 0.387 e. The highest BCUT2D eigenvalue weighted by Crippen LogP contribution is 2.38. The van der Waals surface area contributed by atoms with E-state index in [2.05, 4.69) is 9.97 Å². The number of carbonyl (C=O) groups is 1. The Kier molecular flexibility index (Phi) is 7.12. The number of benzene rings is 1. The van der Waals surface area contributed by atoms with Gasteiger partial charge in [-0.15, -0.1) is 0 Å². The van der Waals surface area contributed by atoms with Crippen LogP contribution in [0.1, 0.15) is 52.4 Å². The average Bonchev–Trinajstić information content (AvgIpc) is 2.81. The molecule has 3 aromatic rings. The summed E-state index contributed by atoms with van der Waals surface area (Å²) in [4.78, 5) is 20.1. The van der Waals surface area contributed by atoms with E-state index in [-0.39, 0.29) is 23.5 Å². The SMILES string of the molecule is COC(=O)c1ccc([C@H](Cc2ccncc2)c2ccc(OC(F)F)c(OC3CCC3)c2)cn1. The number of alkyl halides is 2. The van der Waals surface area contributed by atoms with Gasteiger partial charge in [0.25, 0.3) is 0 Å². The topological polar surface area (TPSA) is 70.5 Å². The summed E-state index contributed by atoms with van der Waals surface area (Å²) < 4.78 is 41.3. The Hall–Kier alpha value is -3.55. The van der Waals surface area contributed by atoms with E-state index in [0.29, 0.717) is 12.2 Å². The number of aromatic nitrogens is 2. The predicted octanol–water partition coefficient (Wildman–Crippen LogP) is 5.17. The number of carbonyl (C=O) groups excluding carboxylic acids is 1. The van der Waals surface area contributed by atoms with Crippen LogP contribution in [0.2, 0.25) is 0 Å². The fourth-order valence-electron chi connectivity index (χ4n) is 3.71. The van der Waals surface area contributed by atoms with Crippen molar-refractivity contribution < 1.29 is 27.8 Å². The van der Waals surface area contributed by atoms with Crippen LogP contribution in [-0.2, 0) is 11.2 Å². The van der Waals surface area contributed by atoms with Crippen LogP contribution >= 0.6 is 0 Å². The summed E-state index contributed by atoms with van der Waals surface area (Å²) in [7, 11) is 1.30. The third-order valence-electron chi connectivity index (χ3n) is 5.70. The molecule has 0 unspecified atom stereocenters. The second kappa shape index (κ2) is 10.4. The molecule has 172 valence electrons. The van der Waals surface area contributed by atoms with E-state index < -0.39 is 12.6 Å². The van der Waals surface area contributed by atoms with Crippen LogP contribution in [-0.4, -0.2) is 35.8 Å². The van der Waals surface area contributed by atoms with Crippen LogP contribution in [0, 0.1) is 0 Å². The lowest BCUT2D eigenvalue weighted by Gasteiger charge is -2.28. The molecular weight excluding hydrogens is 430 g/mol. The molecule has 2 aromatic heterocycles. The van der Waals surface area contributed by atoms with Crippen LogP contribution in [0.15, 0.2) is 61.1 Å². The molecule has 1 aliphatic carbocycles. The van der Waals surface area contributed by atoms with Crippen molar-refractivity contribution in [1.29, 1.82) is 0 Å². The second-order valence-corrected chi connectivity index (χ2v) is 7.84. The molecule has 0 saturated heterocycles. The summed E-state index contributed by atoms with van der Waals surface area (Å²) in [5.74, 6) is -0.369. The zero-order valence-electron chi connectivity index (χ0n) is 18.1. The van der Waals surface area contributed by atoms with E-state index in [0.717, 1.165) is 36.0 Å². The predicted molar refractivity (Wildman–Crippen MR) is 117 cm³/mol. The molecule has 1 fully saturated rings. The van der Waals surface area contributed by atoms with Gasteiger partial charge in [0.1, 0.15) is 5.69 Å². The molecule has 0 aliphatic heterocycles. The molecule has 0 N–H and O–H groups in total. The van der Waals surface area contributed by atoms with Gasteiger partial charge in [0, 0.05) is 24.5 Å². The third-order valence-corrected chi connectivity index (χ3v) is 5.70. The lowest BCUT2D eigenvalue weighted by molar-refractivity contribution is -0.0527. The summed E-state index contributed by atoms with van der Waals surface area (Å²) >= 11 is 0. The van der Waals surface area contributed by atoms with Gasteiger partial charge in [-0.2, -0.15) is 8.78 Å². The minimum atomic E-state index is -2.94. The second-order valence-electron chi connectivity index (χ2n) is 7.84. The molecule has 4 rings (SSSR count). The Morgan fingerprint density at radius 3 is 2.42 bits per heavy atom. The van der Waals surface area contributed by atoms with E-state index in [1.807, 2.05) is 18.2 Å². The maximum atomic E-state index is 12.9. The third kappa shape index (κ3) is 5.63. The Morgan fingerprint density at radius 1 is 1.06 bits per heavy atom. The molecule has 6 nitrogen and oxygen atoms in total. The monoisotopic (exact) mass is 454 g/mol. The molecule has 1 aromatic carbocycles. The molecular formula is C25H24F2N2O4. The Morgan fingerprint density at radius 2 is 1.82 bits per heavy atom. The van der Waals surface area contributed by atoms with Gasteiger partial charge < -0.3 is 14.2 Å². The van der Waals surface area contributed by atoms with E-state index in [1.165, 1.54) is 13.2 Å². The number of halogens is 2. The summed E-state index contributed by atoms with van der Waals surface area (Å²) in [6.07, 6.45) is 8.51. The number of rotatable bonds is 9. The first-order valence-corrected chi connectivity index (χ1v) is 10.7. The molecule has 8 heteroatoms. The molecule has 33 heavy (non-hydrogen) atoms. The van der Waals surface area contributed by atoms with Crippen LogP contribution in [0.3, 0.4) is 0 Å². The Labute approximate surface area is 190 Å². The fourth-order valence-corrected chi connectivity index (χ4v) is 3.71. The molecule has 0 radical (unpaired) electrons. The fraction of sp³-hybridized carbons (Fsp3) is 0.320. The number of hydrogen-bond acceptors (Lipinski definition) is 6. The first kappa shape index (κ1) is 22.6. The first-order chi connectivity index (χ1) is 16.0. The summed E-state index contributed by atoms with van der Waals surface area (Å²) in [6, 6.07) is 12.3. The highest BCUT2D eigenvalue weighted by atomic mass is 19.3. The summed E-state index contributed by atoms with van der Waals surface area (Å²) in [6.45, 7) is -2.94. The van der Waals surface area contributed by atoms with Crippen molar-refractivity contribution in [3.8, 4) is 11.5 Å². The zero-order valence-corrected chi connectivity index (χ0v) is 18.1. The van der Waals surface area contributed by atoms with Gasteiger partial charge in [0.2, 0.25) is 0 Å². The van der Waals surface area contributed by atoms with Gasteiger partial charge in [-0.1, -0.05) is 12.1 Å². The molecule has 0 bridgehead atoms. The van der Waals surface area contributed by atoms with E-state index >= 15 is 0 Å². The van der Waals surface area contributed by atoms with Gasteiger partial charge in [0.05, 0.1) is 13.2 Å². The van der Waals surface area contributed by atoms with Crippen LogP contribution < -0.4 is 9.47 Å². The number of hydrogen-bond donors (Lipinski definition) is 0.